The van der Waals surface area contributed by atoms with Gasteiger partial charge in [0.15, 0.2) is 0 Å². The van der Waals surface area contributed by atoms with Crippen LogP contribution in [0.3, 0.4) is 0 Å². The Kier molecular flexibility index (Phi) is 5.43. The lowest BCUT2D eigenvalue weighted by Crippen LogP contribution is -2.13. The van der Waals surface area contributed by atoms with Crippen LogP contribution in [0.25, 0.3) is 6.08 Å². The normalized spacial score (nSPS) is 11.0. The summed E-state index contributed by atoms with van der Waals surface area (Å²) in [6, 6.07) is 12.1. The van der Waals surface area contributed by atoms with E-state index in [0.717, 1.165) is 5.56 Å². The Balaban J connectivity index is 2.32. The molecule has 0 aliphatic carbocycles. The second kappa shape index (κ2) is 7.32. The summed E-state index contributed by atoms with van der Waals surface area (Å²) in [6.45, 7) is 1.90. The number of carbonyl (C=O) groups excluding carboxylic acids is 1. The molecule has 0 aromatic heterocycles. The number of amides is 1. The van der Waals surface area contributed by atoms with Crippen molar-refractivity contribution in [2.45, 2.75) is 6.92 Å². The average molecular weight is 392 g/mol. The molecule has 2 aromatic carbocycles. The molecular weight excluding hydrogens is 380 g/mol. The molecule has 0 atom stereocenters. The second-order valence-electron chi connectivity index (χ2n) is 4.82. The van der Waals surface area contributed by atoms with Crippen molar-refractivity contribution in [2.24, 2.45) is 0 Å². The number of nitriles is 1. The topological polar surface area (TPSA) is 73.1 Å². The van der Waals surface area contributed by atoms with Gasteiger partial charge in [-0.3, -0.25) is 4.79 Å². The van der Waals surface area contributed by atoms with Gasteiger partial charge < -0.3 is 10.4 Å². The van der Waals surface area contributed by atoms with Crippen LogP contribution in [-0.2, 0) is 4.79 Å². The molecule has 0 unspecified atom stereocenters. The first-order valence-electron chi connectivity index (χ1n) is 6.58. The van der Waals surface area contributed by atoms with E-state index in [1.807, 2.05) is 19.1 Å². The molecule has 4 nitrogen and oxygen atoms in total. The number of anilines is 1. The van der Waals surface area contributed by atoms with Crippen LogP contribution in [-0.4, -0.2) is 11.0 Å². The largest absolute Gasteiger partial charge is 0.506 e. The van der Waals surface area contributed by atoms with Gasteiger partial charge in [0.2, 0.25) is 0 Å². The number of carbonyl (C=O) groups is 1. The van der Waals surface area contributed by atoms with Crippen molar-refractivity contribution in [3.63, 3.8) is 0 Å². The third kappa shape index (κ3) is 4.35. The molecule has 0 spiro atoms. The van der Waals surface area contributed by atoms with Crippen molar-refractivity contribution in [3.8, 4) is 11.8 Å². The van der Waals surface area contributed by atoms with Gasteiger partial charge in [0.1, 0.15) is 17.4 Å². The molecule has 2 N–H and O–H groups in total. The molecule has 2 rings (SSSR count). The Morgan fingerprint density at radius 3 is 2.78 bits per heavy atom. The number of phenols is 1. The lowest BCUT2D eigenvalue weighted by molar-refractivity contribution is -0.112. The molecule has 0 radical (unpaired) electrons. The summed E-state index contributed by atoms with van der Waals surface area (Å²) >= 11 is 9.13. The third-order valence-electron chi connectivity index (χ3n) is 3.00. The maximum atomic E-state index is 12.2. The molecule has 0 heterocycles. The van der Waals surface area contributed by atoms with E-state index in [0.29, 0.717) is 10.2 Å². The van der Waals surface area contributed by atoms with E-state index in [9.17, 15) is 15.2 Å². The van der Waals surface area contributed by atoms with Crippen LogP contribution in [0, 0.1) is 18.3 Å². The first kappa shape index (κ1) is 17.1. The Morgan fingerprint density at radius 1 is 1.39 bits per heavy atom. The molecule has 0 aliphatic rings. The monoisotopic (exact) mass is 390 g/mol. The fourth-order valence-electron chi connectivity index (χ4n) is 1.92. The molecule has 23 heavy (non-hydrogen) atoms. The molecule has 116 valence electrons. The van der Waals surface area contributed by atoms with Crippen molar-refractivity contribution in [1.29, 1.82) is 5.26 Å². The summed E-state index contributed by atoms with van der Waals surface area (Å²) in [6.07, 6.45) is 1.29. The summed E-state index contributed by atoms with van der Waals surface area (Å²) in [4.78, 5) is 12.2. The number of nitrogens with zero attached hydrogens (tertiary/aromatic N) is 1. The van der Waals surface area contributed by atoms with Crippen LogP contribution in [0.4, 0.5) is 5.69 Å². The van der Waals surface area contributed by atoms with Crippen LogP contribution >= 0.6 is 27.5 Å². The molecular formula is C17H12BrClN2O2. The van der Waals surface area contributed by atoms with Gasteiger partial charge in [-0.15, -0.1) is 0 Å². The van der Waals surface area contributed by atoms with Crippen molar-refractivity contribution >= 4 is 45.2 Å². The van der Waals surface area contributed by atoms with Crippen LogP contribution in [0.2, 0.25) is 5.02 Å². The predicted octanol–water partition coefficient (Wildman–Crippen LogP) is 4.66. The van der Waals surface area contributed by atoms with Gasteiger partial charge in [0.05, 0.1) is 5.02 Å². The standard InChI is InChI=1S/C17H12BrClN2O2/c1-10-3-2-4-14(5-10)21-17(23)12(9-20)6-11-7-13(18)8-15(19)16(11)22/h2-8,22H,1H3,(H,21,23)/b12-6+. The van der Waals surface area contributed by atoms with Crippen LogP contribution in [0.15, 0.2) is 46.4 Å². The molecule has 2 aromatic rings. The van der Waals surface area contributed by atoms with E-state index in [1.54, 1.807) is 24.3 Å². The lowest BCUT2D eigenvalue weighted by atomic mass is 10.1. The zero-order chi connectivity index (χ0) is 17.0. The highest BCUT2D eigenvalue weighted by molar-refractivity contribution is 9.10. The Hall–Kier alpha value is -2.29. The zero-order valence-electron chi connectivity index (χ0n) is 12.1. The number of rotatable bonds is 3. The summed E-state index contributed by atoms with van der Waals surface area (Å²) in [5, 5.41) is 21.9. The van der Waals surface area contributed by atoms with Gasteiger partial charge in [-0.05, 0) is 42.8 Å². The highest BCUT2D eigenvalue weighted by Crippen LogP contribution is 2.32. The smallest absolute Gasteiger partial charge is 0.266 e. The molecule has 0 saturated carbocycles. The number of aromatic hydroxyl groups is 1. The number of hydrogen-bond acceptors (Lipinski definition) is 3. The fraction of sp³-hybridized carbons (Fsp3) is 0.0588. The van der Waals surface area contributed by atoms with E-state index in [2.05, 4.69) is 21.2 Å². The summed E-state index contributed by atoms with van der Waals surface area (Å²) in [7, 11) is 0. The lowest BCUT2D eigenvalue weighted by Gasteiger charge is -2.06. The quantitative estimate of drug-likeness (QED) is 0.590. The molecule has 0 saturated heterocycles. The van der Waals surface area contributed by atoms with Crippen LogP contribution < -0.4 is 5.32 Å². The third-order valence-corrected chi connectivity index (χ3v) is 3.74. The van der Waals surface area contributed by atoms with Crippen molar-refractivity contribution in [2.75, 3.05) is 5.32 Å². The molecule has 0 aliphatic heterocycles. The number of benzene rings is 2. The maximum Gasteiger partial charge on any atom is 0.266 e. The van der Waals surface area contributed by atoms with E-state index >= 15 is 0 Å². The molecule has 1 amide bonds. The average Bonchev–Trinajstić information content (AvgIpc) is 2.49. The van der Waals surface area contributed by atoms with Crippen LogP contribution in [0.5, 0.6) is 5.75 Å². The fourth-order valence-corrected chi connectivity index (χ4v) is 2.76. The Labute approximate surface area is 147 Å². The Bertz CT molecular complexity index is 841. The number of phenolic OH excluding ortho intramolecular Hbond substituents is 1. The molecule has 0 fully saturated rings. The number of nitrogens with one attached hydrogen (secondary N) is 1. The highest BCUT2D eigenvalue weighted by Gasteiger charge is 2.13. The van der Waals surface area contributed by atoms with Gasteiger partial charge in [-0.25, -0.2) is 0 Å². The minimum atomic E-state index is -0.561. The van der Waals surface area contributed by atoms with Crippen LogP contribution in [0.1, 0.15) is 11.1 Å². The zero-order valence-corrected chi connectivity index (χ0v) is 14.4. The van der Waals surface area contributed by atoms with Gasteiger partial charge >= 0.3 is 0 Å². The van der Waals surface area contributed by atoms with E-state index in [-0.39, 0.29) is 21.9 Å². The van der Waals surface area contributed by atoms with Crippen molar-refractivity contribution < 1.29 is 9.90 Å². The van der Waals surface area contributed by atoms with Gasteiger partial charge in [0.25, 0.3) is 5.91 Å². The van der Waals surface area contributed by atoms with Gasteiger partial charge in [-0.1, -0.05) is 39.7 Å². The van der Waals surface area contributed by atoms with E-state index < -0.39 is 5.91 Å². The minimum absolute atomic E-state index is 0.127. The van der Waals surface area contributed by atoms with E-state index in [1.165, 1.54) is 12.1 Å². The minimum Gasteiger partial charge on any atom is -0.506 e. The summed E-state index contributed by atoms with van der Waals surface area (Å²) in [5.41, 5.74) is 1.71. The number of halogens is 2. The predicted molar refractivity (Wildman–Crippen MR) is 94.2 cm³/mol. The highest BCUT2D eigenvalue weighted by atomic mass is 79.9. The molecule has 0 bridgehead atoms. The second-order valence-corrected chi connectivity index (χ2v) is 6.14. The summed E-state index contributed by atoms with van der Waals surface area (Å²) in [5.74, 6) is -0.750. The maximum absolute atomic E-state index is 12.2. The number of hydrogen-bond donors (Lipinski definition) is 2. The molecule has 6 heteroatoms. The van der Waals surface area contributed by atoms with E-state index in [4.69, 9.17) is 11.6 Å². The first-order chi connectivity index (χ1) is 10.9. The van der Waals surface area contributed by atoms with Crippen molar-refractivity contribution in [1.82, 2.24) is 0 Å². The first-order valence-corrected chi connectivity index (χ1v) is 7.75. The Morgan fingerprint density at radius 2 is 2.13 bits per heavy atom. The number of aryl methyl sites for hydroxylation is 1. The van der Waals surface area contributed by atoms with Gasteiger partial charge in [0, 0.05) is 15.7 Å². The SMILES string of the molecule is Cc1cccc(NC(=O)/C(C#N)=C/c2cc(Br)cc(Cl)c2O)c1. The van der Waals surface area contributed by atoms with Gasteiger partial charge in [-0.2, -0.15) is 5.26 Å². The van der Waals surface area contributed by atoms with Crippen molar-refractivity contribution in [3.05, 3.63) is 62.6 Å². The summed E-state index contributed by atoms with van der Waals surface area (Å²) < 4.78 is 0.628.